The van der Waals surface area contributed by atoms with Gasteiger partial charge in [0.15, 0.2) is 5.58 Å². The molecule has 4 rings (SSSR count). The van der Waals surface area contributed by atoms with Crippen molar-refractivity contribution in [1.29, 1.82) is 0 Å². The third kappa shape index (κ3) is 3.28. The van der Waals surface area contributed by atoms with Gasteiger partial charge in [-0.3, -0.25) is 0 Å². The summed E-state index contributed by atoms with van der Waals surface area (Å²) in [6, 6.07) is 7.73. The van der Waals surface area contributed by atoms with Crippen LogP contribution in [0, 0.1) is 11.6 Å². The fourth-order valence-corrected chi connectivity index (χ4v) is 3.20. The molecule has 2 aromatic carbocycles. The Kier molecular flexibility index (Phi) is 4.57. The molecule has 1 aliphatic rings. The zero-order valence-corrected chi connectivity index (χ0v) is 14.9. The highest BCUT2D eigenvalue weighted by Gasteiger charge is 2.30. The summed E-state index contributed by atoms with van der Waals surface area (Å²) in [6.07, 6.45) is -0.640. The van der Waals surface area contributed by atoms with Crippen molar-refractivity contribution in [2.45, 2.75) is 6.10 Å². The summed E-state index contributed by atoms with van der Waals surface area (Å²) in [5.74, 6) is -0.614. The molecule has 0 N–H and O–H groups in total. The molecule has 1 atom stereocenters. The minimum absolute atomic E-state index is 0.113. The number of fused-ring (bicyclic) bond motifs is 1. The second-order valence-corrected chi connectivity index (χ2v) is 6.14. The van der Waals surface area contributed by atoms with E-state index in [2.05, 4.69) is 4.98 Å². The van der Waals surface area contributed by atoms with Crippen LogP contribution in [0.5, 0.6) is 11.5 Å². The van der Waals surface area contributed by atoms with Crippen molar-refractivity contribution in [2.75, 3.05) is 38.8 Å². The van der Waals surface area contributed by atoms with E-state index in [0.717, 1.165) is 12.1 Å². The molecule has 27 heavy (non-hydrogen) atoms. The minimum Gasteiger partial charge on any atom is -0.497 e. The lowest BCUT2D eigenvalue weighted by atomic mass is 10.1. The van der Waals surface area contributed by atoms with E-state index in [1.807, 2.05) is 4.90 Å². The highest BCUT2D eigenvalue weighted by Crippen LogP contribution is 2.35. The van der Waals surface area contributed by atoms with Crippen molar-refractivity contribution < 1.29 is 27.4 Å². The second-order valence-electron chi connectivity index (χ2n) is 6.14. The second kappa shape index (κ2) is 7.03. The molecule has 8 heteroatoms. The summed E-state index contributed by atoms with van der Waals surface area (Å²) in [5.41, 5.74) is 1.47. The van der Waals surface area contributed by atoms with Gasteiger partial charge >= 0.3 is 0 Å². The maximum atomic E-state index is 14.4. The number of benzene rings is 2. The number of rotatable bonds is 4. The summed E-state index contributed by atoms with van der Waals surface area (Å²) in [7, 11) is 2.95. The van der Waals surface area contributed by atoms with Gasteiger partial charge in [0.05, 0.1) is 32.9 Å². The molecule has 6 nitrogen and oxygen atoms in total. The van der Waals surface area contributed by atoms with Crippen molar-refractivity contribution in [3.05, 3.63) is 47.5 Å². The molecule has 0 saturated carbocycles. The maximum absolute atomic E-state index is 14.4. The van der Waals surface area contributed by atoms with Crippen LogP contribution in [0.1, 0.15) is 11.7 Å². The summed E-state index contributed by atoms with van der Waals surface area (Å²) in [6.45, 7) is 1.17. The first-order valence-corrected chi connectivity index (χ1v) is 8.43. The molecule has 142 valence electrons. The predicted molar refractivity (Wildman–Crippen MR) is 94.4 cm³/mol. The van der Waals surface area contributed by atoms with Gasteiger partial charge in [0.1, 0.15) is 34.8 Å². The van der Waals surface area contributed by atoms with Crippen LogP contribution in [0.25, 0.3) is 11.1 Å². The van der Waals surface area contributed by atoms with Gasteiger partial charge in [-0.2, -0.15) is 4.98 Å². The Morgan fingerprint density at radius 1 is 1.15 bits per heavy atom. The Labute approximate surface area is 154 Å². The van der Waals surface area contributed by atoms with Crippen molar-refractivity contribution in [2.24, 2.45) is 0 Å². The third-order valence-corrected chi connectivity index (χ3v) is 4.52. The number of ether oxygens (including phenoxy) is 3. The van der Waals surface area contributed by atoms with Gasteiger partial charge in [-0.15, -0.1) is 0 Å². The van der Waals surface area contributed by atoms with E-state index < -0.39 is 17.7 Å². The molecule has 1 saturated heterocycles. The zero-order chi connectivity index (χ0) is 19.0. The van der Waals surface area contributed by atoms with Crippen molar-refractivity contribution in [3.8, 4) is 11.5 Å². The van der Waals surface area contributed by atoms with Gasteiger partial charge in [0.25, 0.3) is 6.01 Å². The number of hydrogen-bond donors (Lipinski definition) is 0. The SMILES string of the molecule is COc1ccc2oc(N3CCOC(c4c(F)cc(F)cc4OC)C3)nc2c1. The molecule has 1 fully saturated rings. The predicted octanol–water partition coefficient (Wildman–Crippen LogP) is 3.70. The van der Waals surface area contributed by atoms with Gasteiger partial charge in [-0.25, -0.2) is 8.78 Å². The van der Waals surface area contributed by atoms with E-state index in [4.69, 9.17) is 18.6 Å². The van der Waals surface area contributed by atoms with Crippen LogP contribution in [0.15, 0.2) is 34.7 Å². The molecule has 0 aliphatic carbocycles. The maximum Gasteiger partial charge on any atom is 0.298 e. The van der Waals surface area contributed by atoms with Crippen LogP contribution in [0.3, 0.4) is 0 Å². The molecule has 1 unspecified atom stereocenters. The minimum atomic E-state index is -0.707. The van der Waals surface area contributed by atoms with E-state index in [0.29, 0.717) is 42.6 Å². The lowest BCUT2D eigenvalue weighted by Gasteiger charge is -2.32. The first-order chi connectivity index (χ1) is 13.1. The fraction of sp³-hybridized carbons (Fsp3) is 0.316. The Hall–Kier alpha value is -2.87. The lowest BCUT2D eigenvalue weighted by molar-refractivity contribution is 0.0342. The number of methoxy groups -OCH3 is 2. The number of halogens is 2. The molecule has 2 heterocycles. The number of anilines is 1. The molecule has 3 aromatic rings. The van der Waals surface area contributed by atoms with E-state index in [1.54, 1.807) is 25.3 Å². The smallest absolute Gasteiger partial charge is 0.298 e. The van der Waals surface area contributed by atoms with E-state index in [1.165, 1.54) is 7.11 Å². The van der Waals surface area contributed by atoms with E-state index in [9.17, 15) is 8.78 Å². The average Bonchev–Trinajstić information content (AvgIpc) is 3.10. The normalized spacial score (nSPS) is 17.3. The molecular weight excluding hydrogens is 358 g/mol. The molecular formula is C19H18F2N2O4. The largest absolute Gasteiger partial charge is 0.497 e. The van der Waals surface area contributed by atoms with Crippen LogP contribution in [-0.2, 0) is 4.74 Å². The van der Waals surface area contributed by atoms with Gasteiger partial charge in [-0.1, -0.05) is 0 Å². The molecule has 0 bridgehead atoms. The summed E-state index contributed by atoms with van der Waals surface area (Å²) in [5, 5.41) is 0. The molecule has 0 spiro atoms. The first kappa shape index (κ1) is 17.5. The zero-order valence-electron chi connectivity index (χ0n) is 14.9. The standard InChI is InChI=1S/C19H18F2N2O4/c1-24-12-3-4-15-14(9-12)22-19(27-15)23-5-6-26-17(10-23)18-13(21)7-11(20)8-16(18)25-2/h3-4,7-9,17H,5-6,10H2,1-2H3. The summed E-state index contributed by atoms with van der Waals surface area (Å²) < 4.78 is 49.7. The van der Waals surface area contributed by atoms with E-state index in [-0.39, 0.29) is 11.3 Å². The van der Waals surface area contributed by atoms with Crippen LogP contribution in [0.4, 0.5) is 14.8 Å². The van der Waals surface area contributed by atoms with Crippen molar-refractivity contribution >= 4 is 17.1 Å². The highest BCUT2D eigenvalue weighted by atomic mass is 19.1. The van der Waals surface area contributed by atoms with Crippen LogP contribution in [-0.4, -0.2) is 38.9 Å². The molecule has 0 amide bonds. The number of aromatic nitrogens is 1. The van der Waals surface area contributed by atoms with Crippen molar-refractivity contribution in [1.82, 2.24) is 4.98 Å². The van der Waals surface area contributed by atoms with Crippen molar-refractivity contribution in [3.63, 3.8) is 0 Å². The summed E-state index contributed by atoms with van der Waals surface area (Å²) >= 11 is 0. The Balaban J connectivity index is 1.64. The Morgan fingerprint density at radius 2 is 2.00 bits per heavy atom. The van der Waals surface area contributed by atoms with Crippen LogP contribution in [0.2, 0.25) is 0 Å². The van der Waals surface area contributed by atoms with Gasteiger partial charge < -0.3 is 23.5 Å². The average molecular weight is 376 g/mol. The topological polar surface area (TPSA) is 57.0 Å². The van der Waals surface area contributed by atoms with Gasteiger partial charge in [0, 0.05) is 24.7 Å². The molecule has 1 aliphatic heterocycles. The van der Waals surface area contributed by atoms with Gasteiger partial charge in [0.2, 0.25) is 0 Å². The Bertz CT molecular complexity index is 976. The summed E-state index contributed by atoms with van der Waals surface area (Å²) in [4.78, 5) is 6.35. The number of hydrogen-bond acceptors (Lipinski definition) is 6. The highest BCUT2D eigenvalue weighted by molar-refractivity contribution is 5.76. The number of morpholine rings is 1. The number of oxazole rings is 1. The first-order valence-electron chi connectivity index (χ1n) is 8.43. The van der Waals surface area contributed by atoms with E-state index >= 15 is 0 Å². The van der Waals surface area contributed by atoms with Crippen LogP contribution < -0.4 is 14.4 Å². The number of nitrogens with zero attached hydrogens (tertiary/aromatic N) is 2. The van der Waals surface area contributed by atoms with Gasteiger partial charge in [-0.05, 0) is 12.1 Å². The third-order valence-electron chi connectivity index (χ3n) is 4.52. The monoisotopic (exact) mass is 376 g/mol. The Morgan fingerprint density at radius 3 is 2.78 bits per heavy atom. The molecule has 1 aromatic heterocycles. The fourth-order valence-electron chi connectivity index (χ4n) is 3.20. The van der Waals surface area contributed by atoms with Crippen LogP contribution >= 0.6 is 0 Å². The quantitative estimate of drug-likeness (QED) is 0.692. The molecule has 0 radical (unpaired) electrons. The lowest BCUT2D eigenvalue weighted by Crippen LogP contribution is -2.39.